The van der Waals surface area contributed by atoms with Crippen molar-refractivity contribution >= 4 is 5.91 Å². The van der Waals surface area contributed by atoms with Crippen LogP contribution in [0.5, 0.6) is 0 Å². The molecule has 2 aromatic heterocycles. The summed E-state index contributed by atoms with van der Waals surface area (Å²) >= 11 is 0. The van der Waals surface area contributed by atoms with Crippen molar-refractivity contribution in [1.29, 1.82) is 0 Å². The summed E-state index contributed by atoms with van der Waals surface area (Å²) in [7, 11) is 0. The number of carbonyl (C=O) groups excluding carboxylic acids is 1. The van der Waals surface area contributed by atoms with Crippen LogP contribution in [0, 0.1) is 13.8 Å². The van der Waals surface area contributed by atoms with Gasteiger partial charge < -0.3 is 9.84 Å². The lowest BCUT2D eigenvalue weighted by Crippen LogP contribution is -2.34. The molecule has 0 radical (unpaired) electrons. The fourth-order valence-corrected chi connectivity index (χ4v) is 2.46. The topological polar surface area (TPSA) is 93.8 Å². The Morgan fingerprint density at radius 1 is 1.20 bits per heavy atom. The van der Waals surface area contributed by atoms with E-state index in [1.54, 1.807) is 20.0 Å². The van der Waals surface area contributed by atoms with Gasteiger partial charge in [-0.1, -0.05) is 35.5 Å². The summed E-state index contributed by atoms with van der Waals surface area (Å²) in [4.78, 5) is 25.0. The summed E-state index contributed by atoms with van der Waals surface area (Å²) in [5, 5.41) is 6.89. The summed E-state index contributed by atoms with van der Waals surface area (Å²) in [6.07, 6.45) is 1.98. The molecular weight excluding hydrogens is 318 g/mol. The van der Waals surface area contributed by atoms with Crippen molar-refractivity contribution in [3.8, 4) is 11.4 Å². The van der Waals surface area contributed by atoms with Crippen LogP contribution >= 0.6 is 0 Å². The monoisotopic (exact) mass is 337 g/mol. The first-order valence-electron chi connectivity index (χ1n) is 8.02. The Hall–Kier alpha value is -3.09. The lowest BCUT2D eigenvalue weighted by molar-refractivity contribution is 0.0937. The average Bonchev–Trinajstić information content (AvgIpc) is 3.03. The van der Waals surface area contributed by atoms with Gasteiger partial charge >= 0.3 is 0 Å². The maximum absolute atomic E-state index is 12.3. The van der Waals surface area contributed by atoms with Crippen molar-refractivity contribution in [3.63, 3.8) is 0 Å². The first-order chi connectivity index (χ1) is 12.0. The lowest BCUT2D eigenvalue weighted by atomic mass is 10.2. The van der Waals surface area contributed by atoms with E-state index in [-0.39, 0.29) is 11.9 Å². The minimum atomic E-state index is -0.215. The number of carbonyl (C=O) groups is 1. The second kappa shape index (κ2) is 7.21. The predicted molar refractivity (Wildman–Crippen MR) is 91.9 cm³/mol. The van der Waals surface area contributed by atoms with Crippen LogP contribution in [0.25, 0.3) is 11.4 Å². The minimum absolute atomic E-state index is 0.169. The van der Waals surface area contributed by atoms with Crippen LogP contribution in [0.3, 0.4) is 0 Å². The third kappa shape index (κ3) is 4.06. The molecule has 25 heavy (non-hydrogen) atoms. The maximum atomic E-state index is 12.3. The summed E-state index contributed by atoms with van der Waals surface area (Å²) < 4.78 is 5.28. The largest absolute Gasteiger partial charge is 0.349 e. The second-order valence-electron chi connectivity index (χ2n) is 5.87. The average molecular weight is 337 g/mol. The van der Waals surface area contributed by atoms with Gasteiger partial charge in [0.25, 0.3) is 5.91 Å². The molecule has 0 aliphatic carbocycles. The Morgan fingerprint density at radius 3 is 2.68 bits per heavy atom. The third-order valence-electron chi connectivity index (χ3n) is 3.70. The number of rotatable bonds is 5. The molecule has 1 atom stereocenters. The number of amides is 1. The molecule has 0 saturated heterocycles. The Morgan fingerprint density at radius 2 is 1.96 bits per heavy atom. The Bertz CT molecular complexity index is 876. The van der Waals surface area contributed by atoms with Crippen molar-refractivity contribution in [2.45, 2.75) is 33.2 Å². The van der Waals surface area contributed by atoms with E-state index in [9.17, 15) is 4.79 Å². The van der Waals surface area contributed by atoms with Gasteiger partial charge in [0.15, 0.2) is 0 Å². The highest BCUT2D eigenvalue weighted by Crippen LogP contribution is 2.15. The van der Waals surface area contributed by atoms with Crippen molar-refractivity contribution in [3.05, 3.63) is 59.5 Å². The quantitative estimate of drug-likeness (QED) is 0.769. The van der Waals surface area contributed by atoms with Gasteiger partial charge in [0.2, 0.25) is 11.7 Å². The number of nitrogens with one attached hydrogen (secondary N) is 1. The fourth-order valence-electron chi connectivity index (χ4n) is 2.46. The molecule has 1 N–H and O–H groups in total. The zero-order chi connectivity index (χ0) is 17.8. The van der Waals surface area contributed by atoms with E-state index in [1.165, 1.54) is 0 Å². The van der Waals surface area contributed by atoms with Gasteiger partial charge in [-0.05, 0) is 20.8 Å². The summed E-state index contributed by atoms with van der Waals surface area (Å²) in [6, 6.07) is 9.43. The van der Waals surface area contributed by atoms with Gasteiger partial charge in [0.1, 0.15) is 5.82 Å². The molecule has 0 spiro atoms. The summed E-state index contributed by atoms with van der Waals surface area (Å²) in [5.74, 6) is 1.44. The Kier molecular flexibility index (Phi) is 4.83. The standard InChI is InChI=1S/C18H19N5O2/c1-11(20-18(24)15-10-19-13(3)21-12(15)2)9-16-22-17(23-25-16)14-7-5-4-6-8-14/h4-8,10-11H,9H2,1-3H3,(H,20,24). The SMILES string of the molecule is Cc1ncc(C(=O)NC(C)Cc2nc(-c3ccccc3)no2)c(C)n1. The van der Waals surface area contributed by atoms with Crippen molar-refractivity contribution in [1.82, 2.24) is 25.4 Å². The molecule has 1 unspecified atom stereocenters. The van der Waals surface area contributed by atoms with E-state index in [0.717, 1.165) is 5.56 Å². The molecule has 0 bridgehead atoms. The van der Waals surface area contributed by atoms with Crippen LogP contribution in [-0.2, 0) is 6.42 Å². The molecule has 0 aliphatic rings. The molecule has 2 heterocycles. The number of aryl methyl sites for hydroxylation is 2. The van der Waals surface area contributed by atoms with Crippen LogP contribution in [-0.4, -0.2) is 32.1 Å². The number of hydrogen-bond acceptors (Lipinski definition) is 6. The molecule has 0 aliphatic heterocycles. The van der Waals surface area contributed by atoms with E-state index >= 15 is 0 Å². The zero-order valence-electron chi connectivity index (χ0n) is 14.4. The molecule has 7 nitrogen and oxygen atoms in total. The zero-order valence-corrected chi connectivity index (χ0v) is 14.4. The number of nitrogens with zero attached hydrogens (tertiary/aromatic N) is 4. The van der Waals surface area contributed by atoms with Gasteiger partial charge in [-0.3, -0.25) is 4.79 Å². The number of hydrogen-bond donors (Lipinski definition) is 1. The van der Waals surface area contributed by atoms with Crippen LogP contribution < -0.4 is 5.32 Å². The number of aromatic nitrogens is 4. The maximum Gasteiger partial charge on any atom is 0.254 e. The molecular formula is C18H19N5O2. The molecule has 1 aromatic carbocycles. The van der Waals surface area contributed by atoms with Crippen LogP contribution in [0.15, 0.2) is 41.1 Å². The van der Waals surface area contributed by atoms with Crippen LogP contribution in [0.1, 0.15) is 34.7 Å². The minimum Gasteiger partial charge on any atom is -0.349 e. The molecule has 7 heteroatoms. The van der Waals surface area contributed by atoms with E-state index in [0.29, 0.717) is 35.2 Å². The first-order valence-corrected chi connectivity index (χ1v) is 8.02. The van der Waals surface area contributed by atoms with E-state index in [4.69, 9.17) is 4.52 Å². The molecule has 0 fully saturated rings. The van der Waals surface area contributed by atoms with Gasteiger partial charge in [-0.2, -0.15) is 4.98 Å². The van der Waals surface area contributed by atoms with Gasteiger partial charge in [0.05, 0.1) is 11.3 Å². The van der Waals surface area contributed by atoms with Gasteiger partial charge in [-0.25, -0.2) is 9.97 Å². The molecule has 0 saturated carbocycles. The predicted octanol–water partition coefficient (Wildman–Crippen LogP) is 2.50. The fraction of sp³-hybridized carbons (Fsp3) is 0.278. The van der Waals surface area contributed by atoms with Crippen LogP contribution in [0.2, 0.25) is 0 Å². The smallest absolute Gasteiger partial charge is 0.254 e. The van der Waals surface area contributed by atoms with Crippen molar-refractivity contribution < 1.29 is 9.32 Å². The summed E-state index contributed by atoms with van der Waals surface area (Å²) in [6.45, 7) is 5.46. The second-order valence-corrected chi connectivity index (χ2v) is 5.87. The van der Waals surface area contributed by atoms with Crippen LogP contribution in [0.4, 0.5) is 0 Å². The van der Waals surface area contributed by atoms with Gasteiger partial charge in [-0.15, -0.1) is 0 Å². The lowest BCUT2D eigenvalue weighted by Gasteiger charge is -2.12. The highest BCUT2D eigenvalue weighted by Gasteiger charge is 2.17. The van der Waals surface area contributed by atoms with E-state index in [1.807, 2.05) is 37.3 Å². The molecule has 3 aromatic rings. The van der Waals surface area contributed by atoms with Crippen molar-refractivity contribution in [2.75, 3.05) is 0 Å². The van der Waals surface area contributed by atoms with E-state index < -0.39 is 0 Å². The normalized spacial score (nSPS) is 12.0. The molecule has 128 valence electrons. The molecule has 3 rings (SSSR count). The first kappa shape index (κ1) is 16.8. The third-order valence-corrected chi connectivity index (χ3v) is 3.70. The Balaban J connectivity index is 1.64. The highest BCUT2D eigenvalue weighted by molar-refractivity contribution is 5.95. The van der Waals surface area contributed by atoms with Gasteiger partial charge in [0, 0.05) is 24.2 Å². The molecule has 1 amide bonds. The van der Waals surface area contributed by atoms with E-state index in [2.05, 4.69) is 25.4 Å². The summed E-state index contributed by atoms with van der Waals surface area (Å²) in [5.41, 5.74) is 2.01. The van der Waals surface area contributed by atoms with Crippen molar-refractivity contribution in [2.24, 2.45) is 0 Å². The highest BCUT2D eigenvalue weighted by atomic mass is 16.5. The number of benzene rings is 1. The Labute approximate surface area is 145 Å².